The molecule has 6 heteroatoms. The monoisotopic (exact) mass is 344 g/mol. The van der Waals surface area contributed by atoms with Gasteiger partial charge in [0.2, 0.25) is 0 Å². The van der Waals surface area contributed by atoms with Crippen molar-refractivity contribution in [3.63, 3.8) is 0 Å². The molecule has 0 saturated carbocycles. The minimum atomic E-state index is -0.528. The van der Waals surface area contributed by atoms with Crippen molar-refractivity contribution >= 4 is 5.91 Å². The molecule has 1 atom stereocenters. The number of rotatable bonds is 7. The Morgan fingerprint density at radius 1 is 1.16 bits per heavy atom. The van der Waals surface area contributed by atoms with Gasteiger partial charge >= 0.3 is 0 Å². The zero-order chi connectivity index (χ0) is 17.5. The number of carbonyl (C=O) groups excluding carboxylic acids is 1. The van der Waals surface area contributed by atoms with Crippen molar-refractivity contribution in [2.75, 3.05) is 39.3 Å². The molecule has 0 aliphatic carbocycles. The SMILES string of the molecule is O=C(c1ccoc1)N1CCN(CC(O)COCc2ccccc2)CC1. The number of hydrogen-bond donors (Lipinski definition) is 1. The average molecular weight is 344 g/mol. The first kappa shape index (κ1) is 17.7. The van der Waals surface area contributed by atoms with E-state index in [1.54, 1.807) is 6.07 Å². The van der Waals surface area contributed by atoms with Crippen LogP contribution in [0.15, 0.2) is 53.3 Å². The molecule has 1 unspecified atom stereocenters. The highest BCUT2D eigenvalue weighted by Crippen LogP contribution is 2.10. The number of piperazine rings is 1. The van der Waals surface area contributed by atoms with Crippen molar-refractivity contribution in [2.24, 2.45) is 0 Å². The summed E-state index contributed by atoms with van der Waals surface area (Å²) in [6.07, 6.45) is 2.46. The van der Waals surface area contributed by atoms with Crippen molar-refractivity contribution in [1.82, 2.24) is 9.80 Å². The fourth-order valence-electron chi connectivity index (χ4n) is 2.94. The zero-order valence-corrected chi connectivity index (χ0v) is 14.2. The van der Waals surface area contributed by atoms with Gasteiger partial charge in [0.15, 0.2) is 0 Å². The second kappa shape index (κ2) is 8.80. The molecule has 2 aromatic rings. The highest BCUT2D eigenvalue weighted by molar-refractivity contribution is 5.93. The fraction of sp³-hybridized carbons (Fsp3) is 0.421. The van der Waals surface area contributed by atoms with Crippen LogP contribution < -0.4 is 0 Å². The summed E-state index contributed by atoms with van der Waals surface area (Å²) in [4.78, 5) is 16.2. The van der Waals surface area contributed by atoms with Crippen LogP contribution in [0, 0.1) is 0 Å². The highest BCUT2D eigenvalue weighted by Gasteiger charge is 2.23. The smallest absolute Gasteiger partial charge is 0.257 e. The standard InChI is InChI=1S/C19H24N2O4/c22-18(15-25-13-16-4-2-1-3-5-16)12-20-7-9-21(10-8-20)19(23)17-6-11-24-14-17/h1-6,11,14,18,22H,7-10,12-13,15H2. The first-order valence-electron chi connectivity index (χ1n) is 8.56. The molecule has 1 aromatic carbocycles. The molecule has 1 fully saturated rings. The Hall–Kier alpha value is -2.15. The van der Waals surface area contributed by atoms with E-state index in [0.29, 0.717) is 38.4 Å². The molecule has 1 aliphatic heterocycles. The van der Waals surface area contributed by atoms with E-state index in [-0.39, 0.29) is 5.91 Å². The topological polar surface area (TPSA) is 66.2 Å². The zero-order valence-electron chi connectivity index (χ0n) is 14.2. The van der Waals surface area contributed by atoms with Crippen LogP contribution in [-0.4, -0.2) is 66.2 Å². The molecule has 1 aromatic heterocycles. The molecular formula is C19H24N2O4. The Balaban J connectivity index is 1.35. The van der Waals surface area contributed by atoms with Gasteiger partial charge in [0, 0.05) is 32.7 Å². The maximum atomic E-state index is 12.2. The lowest BCUT2D eigenvalue weighted by atomic mass is 10.2. The maximum absolute atomic E-state index is 12.2. The Bertz CT molecular complexity index is 637. The second-order valence-electron chi connectivity index (χ2n) is 6.26. The Morgan fingerprint density at radius 3 is 2.60 bits per heavy atom. The first-order chi connectivity index (χ1) is 12.2. The van der Waals surface area contributed by atoms with E-state index in [9.17, 15) is 9.90 Å². The number of benzene rings is 1. The fourth-order valence-corrected chi connectivity index (χ4v) is 2.94. The van der Waals surface area contributed by atoms with Crippen molar-refractivity contribution < 1.29 is 19.1 Å². The number of ether oxygens (including phenoxy) is 1. The van der Waals surface area contributed by atoms with Gasteiger partial charge < -0.3 is 19.2 Å². The molecule has 0 radical (unpaired) electrons. The van der Waals surface area contributed by atoms with Crippen molar-refractivity contribution in [3.8, 4) is 0 Å². The van der Waals surface area contributed by atoms with E-state index >= 15 is 0 Å². The molecule has 25 heavy (non-hydrogen) atoms. The van der Waals surface area contributed by atoms with Crippen molar-refractivity contribution in [1.29, 1.82) is 0 Å². The normalized spacial score (nSPS) is 16.8. The number of carbonyl (C=O) groups is 1. The van der Waals surface area contributed by atoms with Crippen LogP contribution in [0.3, 0.4) is 0 Å². The van der Waals surface area contributed by atoms with Gasteiger partial charge in [-0.2, -0.15) is 0 Å². The average Bonchev–Trinajstić information content (AvgIpc) is 3.17. The summed E-state index contributed by atoms with van der Waals surface area (Å²) in [5, 5.41) is 10.1. The Labute approximate surface area is 147 Å². The minimum Gasteiger partial charge on any atom is -0.472 e. The summed E-state index contributed by atoms with van der Waals surface area (Å²) < 4.78 is 10.5. The summed E-state index contributed by atoms with van der Waals surface area (Å²) in [7, 11) is 0. The van der Waals surface area contributed by atoms with E-state index in [0.717, 1.165) is 18.7 Å². The number of furan rings is 1. The first-order valence-corrected chi connectivity index (χ1v) is 8.56. The van der Waals surface area contributed by atoms with Gasteiger partial charge in [0.1, 0.15) is 6.26 Å². The molecule has 0 bridgehead atoms. The number of amides is 1. The maximum Gasteiger partial charge on any atom is 0.257 e. The van der Waals surface area contributed by atoms with Gasteiger partial charge in [0.25, 0.3) is 5.91 Å². The summed E-state index contributed by atoms with van der Waals surface area (Å²) >= 11 is 0. The molecule has 3 rings (SSSR count). The van der Waals surface area contributed by atoms with E-state index in [1.807, 2.05) is 35.2 Å². The molecule has 1 saturated heterocycles. The summed E-state index contributed by atoms with van der Waals surface area (Å²) in [5.74, 6) is 0.000132. The lowest BCUT2D eigenvalue weighted by molar-refractivity contribution is 0.00205. The predicted molar refractivity (Wildman–Crippen MR) is 93.2 cm³/mol. The van der Waals surface area contributed by atoms with Gasteiger partial charge in [-0.3, -0.25) is 9.69 Å². The van der Waals surface area contributed by atoms with Crippen molar-refractivity contribution in [2.45, 2.75) is 12.7 Å². The predicted octanol–water partition coefficient (Wildman–Crippen LogP) is 1.62. The lowest BCUT2D eigenvalue weighted by Crippen LogP contribution is -2.50. The summed E-state index contributed by atoms with van der Waals surface area (Å²) in [6.45, 7) is 4.18. The van der Waals surface area contributed by atoms with Crippen molar-refractivity contribution in [3.05, 3.63) is 60.1 Å². The molecule has 2 heterocycles. The van der Waals surface area contributed by atoms with Gasteiger partial charge in [-0.15, -0.1) is 0 Å². The van der Waals surface area contributed by atoms with Crippen LogP contribution in [0.1, 0.15) is 15.9 Å². The molecular weight excluding hydrogens is 320 g/mol. The lowest BCUT2D eigenvalue weighted by Gasteiger charge is -2.35. The van der Waals surface area contributed by atoms with Crippen LogP contribution in [0.5, 0.6) is 0 Å². The van der Waals surface area contributed by atoms with Gasteiger partial charge in [-0.05, 0) is 11.6 Å². The third-order valence-electron chi connectivity index (χ3n) is 4.32. The van der Waals surface area contributed by atoms with E-state index < -0.39 is 6.10 Å². The van der Waals surface area contributed by atoms with Crippen LogP contribution in [0.2, 0.25) is 0 Å². The van der Waals surface area contributed by atoms with E-state index in [1.165, 1.54) is 12.5 Å². The van der Waals surface area contributed by atoms with Gasteiger partial charge in [0.05, 0.1) is 31.1 Å². The molecule has 1 aliphatic rings. The van der Waals surface area contributed by atoms with Crippen LogP contribution in [-0.2, 0) is 11.3 Å². The number of nitrogens with zero attached hydrogens (tertiary/aromatic N) is 2. The molecule has 1 amide bonds. The highest BCUT2D eigenvalue weighted by atomic mass is 16.5. The Kier molecular flexibility index (Phi) is 6.22. The molecule has 134 valence electrons. The van der Waals surface area contributed by atoms with Crippen LogP contribution in [0.4, 0.5) is 0 Å². The summed E-state index contributed by atoms with van der Waals surface area (Å²) in [6, 6.07) is 11.6. The number of β-amino-alcohol motifs (C(OH)–C–C–N with tert-alkyl or cyclic N) is 1. The van der Waals surface area contributed by atoms with E-state index in [2.05, 4.69) is 4.90 Å². The number of hydrogen-bond acceptors (Lipinski definition) is 5. The number of aliphatic hydroxyl groups is 1. The van der Waals surface area contributed by atoms with Gasteiger partial charge in [-0.25, -0.2) is 0 Å². The van der Waals surface area contributed by atoms with Crippen LogP contribution >= 0.6 is 0 Å². The Morgan fingerprint density at radius 2 is 1.92 bits per heavy atom. The molecule has 0 spiro atoms. The quantitative estimate of drug-likeness (QED) is 0.827. The minimum absolute atomic E-state index is 0.000132. The van der Waals surface area contributed by atoms with Gasteiger partial charge in [-0.1, -0.05) is 30.3 Å². The molecule has 1 N–H and O–H groups in total. The number of aliphatic hydroxyl groups excluding tert-OH is 1. The van der Waals surface area contributed by atoms with Crippen LogP contribution in [0.25, 0.3) is 0 Å². The largest absolute Gasteiger partial charge is 0.472 e. The van der Waals surface area contributed by atoms with E-state index in [4.69, 9.17) is 9.15 Å². The third kappa shape index (κ3) is 5.16. The molecule has 6 nitrogen and oxygen atoms in total. The third-order valence-corrected chi connectivity index (χ3v) is 4.32. The second-order valence-corrected chi connectivity index (χ2v) is 6.26. The summed E-state index contributed by atoms with van der Waals surface area (Å²) in [5.41, 5.74) is 1.68.